The van der Waals surface area contributed by atoms with E-state index in [1.54, 1.807) is 0 Å². The molecule has 2 aromatic rings. The molecule has 1 aliphatic heterocycles. The summed E-state index contributed by atoms with van der Waals surface area (Å²) in [4.78, 5) is 14.2. The second kappa shape index (κ2) is 7.06. The summed E-state index contributed by atoms with van der Waals surface area (Å²) < 4.78 is 2.53. The fourth-order valence-corrected chi connectivity index (χ4v) is 5.85. The molecule has 144 valence electrons. The summed E-state index contributed by atoms with van der Waals surface area (Å²) in [5.41, 5.74) is 5.91. The highest BCUT2D eigenvalue weighted by Crippen LogP contribution is 2.43. The molecule has 2 aliphatic carbocycles. The fourth-order valence-electron chi connectivity index (χ4n) is 5.85. The second-order valence-electron chi connectivity index (χ2n) is 8.70. The van der Waals surface area contributed by atoms with E-state index in [0.717, 1.165) is 31.8 Å². The van der Waals surface area contributed by atoms with Gasteiger partial charge in [-0.1, -0.05) is 25.3 Å². The Bertz CT molecular complexity index is 863. The molecule has 1 unspecified atom stereocenters. The first-order valence-corrected chi connectivity index (χ1v) is 10.8. The van der Waals surface area contributed by atoms with Crippen LogP contribution in [0.1, 0.15) is 73.7 Å². The minimum Gasteiger partial charge on any atom is -0.389 e. The van der Waals surface area contributed by atoms with E-state index in [1.807, 2.05) is 0 Å². The van der Waals surface area contributed by atoms with Gasteiger partial charge < -0.3 is 9.67 Å². The van der Waals surface area contributed by atoms with Gasteiger partial charge in [0.1, 0.15) is 6.61 Å². The molecule has 3 aliphatic rings. The van der Waals surface area contributed by atoms with Crippen LogP contribution in [0.4, 0.5) is 0 Å². The van der Waals surface area contributed by atoms with E-state index in [4.69, 9.17) is 0 Å². The Morgan fingerprint density at radius 3 is 2.74 bits per heavy atom. The summed E-state index contributed by atoms with van der Waals surface area (Å²) in [5.74, 6) is 0.677. The molecule has 1 aromatic carbocycles. The number of aliphatic hydroxyl groups is 1. The predicted octanol–water partition coefficient (Wildman–Crippen LogP) is 3.94. The zero-order chi connectivity index (χ0) is 18.4. The van der Waals surface area contributed by atoms with E-state index in [0.29, 0.717) is 12.6 Å². The molecule has 0 radical (unpaired) electrons. The maximum atomic E-state index is 11.8. The third kappa shape index (κ3) is 2.94. The van der Waals surface area contributed by atoms with Gasteiger partial charge in [-0.05, 0) is 61.3 Å². The number of nitrogens with zero attached hydrogens (tertiary/aromatic N) is 2. The summed E-state index contributed by atoms with van der Waals surface area (Å²) in [6, 6.07) is 7.58. The molecule has 1 saturated carbocycles. The molecule has 1 fully saturated rings. The normalized spacial score (nSPS) is 23.5. The van der Waals surface area contributed by atoms with Crippen LogP contribution >= 0.6 is 0 Å². The Morgan fingerprint density at radius 1 is 1.07 bits per heavy atom. The number of carbonyl (C=O) groups excluding carboxylic acids is 1. The number of aromatic nitrogens is 1. The van der Waals surface area contributed by atoms with Crippen LogP contribution in [-0.4, -0.2) is 40.1 Å². The van der Waals surface area contributed by atoms with Crippen molar-refractivity contribution in [1.82, 2.24) is 9.47 Å². The molecule has 0 amide bonds. The Kier molecular flexibility index (Phi) is 4.57. The third-order valence-corrected chi connectivity index (χ3v) is 7.14. The average Bonchev–Trinajstić information content (AvgIpc) is 3.05. The van der Waals surface area contributed by atoms with Gasteiger partial charge in [0.15, 0.2) is 5.78 Å². The van der Waals surface area contributed by atoms with Crippen molar-refractivity contribution in [2.45, 2.75) is 69.9 Å². The molecule has 0 bridgehead atoms. The number of hydrogen-bond acceptors (Lipinski definition) is 3. The average molecular weight is 367 g/mol. The fraction of sp³-hybridized carbons (Fsp3) is 0.609. The largest absolute Gasteiger partial charge is 0.389 e. The van der Waals surface area contributed by atoms with Gasteiger partial charge in [-0.15, -0.1) is 0 Å². The van der Waals surface area contributed by atoms with Crippen LogP contribution in [0.15, 0.2) is 18.2 Å². The lowest BCUT2D eigenvalue weighted by Gasteiger charge is -2.39. The Balaban J connectivity index is 1.55. The zero-order valence-electron chi connectivity index (χ0n) is 16.1. The van der Waals surface area contributed by atoms with Crippen molar-refractivity contribution in [2.24, 2.45) is 0 Å². The van der Waals surface area contributed by atoms with Gasteiger partial charge in [0, 0.05) is 29.7 Å². The van der Waals surface area contributed by atoms with Gasteiger partial charge in [0.25, 0.3) is 0 Å². The maximum Gasteiger partial charge on any atom is 0.172 e. The van der Waals surface area contributed by atoms with Crippen LogP contribution in [-0.2, 0) is 17.8 Å². The van der Waals surface area contributed by atoms with Gasteiger partial charge in [-0.2, -0.15) is 0 Å². The Labute approximate surface area is 161 Å². The maximum absolute atomic E-state index is 11.8. The van der Waals surface area contributed by atoms with E-state index in [-0.39, 0.29) is 12.4 Å². The molecule has 1 N–H and O–H groups in total. The van der Waals surface area contributed by atoms with Crippen molar-refractivity contribution in [3.05, 3.63) is 35.0 Å². The number of aryl methyl sites for hydroxylation is 1. The number of ketones is 1. The standard InChI is InChI=1S/C23H30N2O2/c26-15-18(27)14-24-11-12-25-21-10-9-17(16-5-2-1-3-6-16)13-20(21)19-7-4-8-22(24)23(19)25/h9-10,13,16,22,26H,1-8,11-12,14-15H2. The summed E-state index contributed by atoms with van der Waals surface area (Å²) in [5, 5.41) is 10.6. The molecule has 1 atom stereocenters. The van der Waals surface area contributed by atoms with Crippen LogP contribution in [0.25, 0.3) is 10.9 Å². The van der Waals surface area contributed by atoms with E-state index >= 15 is 0 Å². The van der Waals surface area contributed by atoms with Gasteiger partial charge in [-0.3, -0.25) is 9.69 Å². The topological polar surface area (TPSA) is 45.5 Å². The van der Waals surface area contributed by atoms with Gasteiger partial charge in [0.2, 0.25) is 0 Å². The Morgan fingerprint density at radius 2 is 1.93 bits per heavy atom. The number of hydrogen-bond donors (Lipinski definition) is 1. The highest BCUT2D eigenvalue weighted by atomic mass is 16.3. The van der Waals surface area contributed by atoms with Gasteiger partial charge in [-0.25, -0.2) is 0 Å². The monoisotopic (exact) mass is 366 g/mol. The number of carbonyl (C=O) groups is 1. The summed E-state index contributed by atoms with van der Waals surface area (Å²) >= 11 is 0. The van der Waals surface area contributed by atoms with E-state index in [1.165, 1.54) is 66.2 Å². The van der Waals surface area contributed by atoms with Gasteiger partial charge >= 0.3 is 0 Å². The Hall–Kier alpha value is -1.65. The number of fused-ring (bicyclic) bond motifs is 3. The van der Waals surface area contributed by atoms with Gasteiger partial charge in [0.05, 0.1) is 12.6 Å². The molecule has 5 rings (SSSR count). The first kappa shape index (κ1) is 17.4. The number of Topliss-reactive ketones (excluding diaryl/α,β-unsaturated/α-hetero) is 1. The van der Waals surface area contributed by atoms with E-state index < -0.39 is 0 Å². The SMILES string of the molecule is O=C(CO)CN1CCn2c3c(c4cc(C5CCCCC5)ccc42)CCCC31. The van der Waals surface area contributed by atoms with E-state index in [9.17, 15) is 9.90 Å². The van der Waals surface area contributed by atoms with Crippen LogP contribution in [0.2, 0.25) is 0 Å². The molecule has 4 nitrogen and oxygen atoms in total. The van der Waals surface area contributed by atoms with Crippen LogP contribution in [0, 0.1) is 0 Å². The van der Waals surface area contributed by atoms with Crippen molar-refractivity contribution in [2.75, 3.05) is 19.7 Å². The third-order valence-electron chi connectivity index (χ3n) is 7.14. The molecule has 1 aromatic heterocycles. The highest BCUT2D eigenvalue weighted by molar-refractivity contribution is 5.87. The van der Waals surface area contributed by atoms with Crippen LogP contribution < -0.4 is 0 Å². The quantitative estimate of drug-likeness (QED) is 0.891. The number of aliphatic hydroxyl groups excluding tert-OH is 1. The van der Waals surface area contributed by atoms with Crippen LogP contribution in [0.5, 0.6) is 0 Å². The molecule has 0 saturated heterocycles. The molecule has 4 heteroatoms. The number of rotatable bonds is 4. The zero-order valence-corrected chi connectivity index (χ0v) is 16.1. The van der Waals surface area contributed by atoms with Crippen molar-refractivity contribution < 1.29 is 9.90 Å². The van der Waals surface area contributed by atoms with Crippen molar-refractivity contribution in [1.29, 1.82) is 0 Å². The first-order valence-electron chi connectivity index (χ1n) is 10.8. The lowest BCUT2D eigenvalue weighted by Crippen LogP contribution is -2.42. The molecular weight excluding hydrogens is 336 g/mol. The molecular formula is C23H30N2O2. The van der Waals surface area contributed by atoms with E-state index in [2.05, 4.69) is 27.7 Å². The lowest BCUT2D eigenvalue weighted by molar-refractivity contribution is -0.123. The minimum atomic E-state index is -0.343. The molecule has 27 heavy (non-hydrogen) atoms. The minimum absolute atomic E-state index is 0.0636. The smallest absolute Gasteiger partial charge is 0.172 e. The first-order chi connectivity index (χ1) is 13.3. The molecule has 0 spiro atoms. The highest BCUT2D eigenvalue weighted by Gasteiger charge is 2.35. The summed E-state index contributed by atoms with van der Waals surface area (Å²) in [6.45, 7) is 1.89. The van der Waals surface area contributed by atoms with Crippen molar-refractivity contribution in [3.63, 3.8) is 0 Å². The summed E-state index contributed by atoms with van der Waals surface area (Å²) in [6.07, 6.45) is 10.3. The number of benzene rings is 1. The molecule has 2 heterocycles. The van der Waals surface area contributed by atoms with Crippen molar-refractivity contribution in [3.8, 4) is 0 Å². The second-order valence-corrected chi connectivity index (χ2v) is 8.70. The summed E-state index contributed by atoms with van der Waals surface area (Å²) in [7, 11) is 0. The van der Waals surface area contributed by atoms with Crippen molar-refractivity contribution >= 4 is 16.7 Å². The lowest BCUT2D eigenvalue weighted by atomic mass is 9.83. The van der Waals surface area contributed by atoms with Crippen LogP contribution in [0.3, 0.4) is 0 Å². The predicted molar refractivity (Wildman–Crippen MR) is 107 cm³/mol.